The zero-order valence-corrected chi connectivity index (χ0v) is 12.7. The number of carbonyl (C=O) groups is 1. The lowest BCUT2D eigenvalue weighted by Crippen LogP contribution is -2.34. The van der Waals surface area contributed by atoms with Gasteiger partial charge in [-0.05, 0) is 31.2 Å². The largest absolute Gasteiger partial charge is 0.534 e. The summed E-state index contributed by atoms with van der Waals surface area (Å²) in [4.78, 5) is 16.4. The molecule has 6 nitrogen and oxygen atoms in total. The fourth-order valence-electron chi connectivity index (χ4n) is 1.69. The van der Waals surface area contributed by atoms with Gasteiger partial charge in [0, 0.05) is 0 Å². The maximum absolute atomic E-state index is 12.7. The zero-order chi connectivity index (χ0) is 16.0. The van der Waals surface area contributed by atoms with Crippen LogP contribution in [-0.2, 0) is 19.6 Å². The monoisotopic (exact) mass is 321 g/mol. The number of sulfonamides is 1. The van der Waals surface area contributed by atoms with E-state index in [0.29, 0.717) is 4.47 Å². The van der Waals surface area contributed by atoms with Gasteiger partial charge in [-0.1, -0.05) is 40.9 Å². The Labute approximate surface area is 128 Å². The van der Waals surface area contributed by atoms with E-state index in [1.165, 1.54) is 24.3 Å². The lowest BCUT2D eigenvalue weighted by Gasteiger charge is -2.21. The first-order chi connectivity index (χ1) is 10.6. The Morgan fingerprint density at radius 1 is 1.00 bits per heavy atom. The fourth-order valence-corrected chi connectivity index (χ4v) is 2.94. The van der Waals surface area contributed by atoms with E-state index >= 15 is 0 Å². The minimum atomic E-state index is -4.06. The molecule has 2 rings (SSSR count). The molecule has 0 radical (unpaired) electrons. The first-order valence-electron chi connectivity index (χ1n) is 6.56. The maximum Gasteiger partial charge on any atom is 0.534 e. The van der Waals surface area contributed by atoms with Gasteiger partial charge in [-0.2, -0.15) is 8.42 Å². The molecule has 0 bridgehead atoms. The van der Waals surface area contributed by atoms with Crippen molar-refractivity contribution in [3.05, 3.63) is 60.7 Å². The van der Waals surface area contributed by atoms with E-state index in [1.54, 1.807) is 43.3 Å². The van der Waals surface area contributed by atoms with Gasteiger partial charge in [-0.25, -0.2) is 4.79 Å². The van der Waals surface area contributed by atoms with Crippen molar-refractivity contribution in [2.75, 3.05) is 11.1 Å². The summed E-state index contributed by atoms with van der Waals surface area (Å²) in [6.07, 6.45) is -1.09. The number of benzene rings is 2. The molecule has 0 heterocycles. The van der Waals surface area contributed by atoms with Crippen molar-refractivity contribution < 1.29 is 22.8 Å². The Bertz CT molecular complexity index is 716. The number of rotatable bonds is 5. The van der Waals surface area contributed by atoms with E-state index in [1.807, 2.05) is 0 Å². The zero-order valence-electron chi connectivity index (χ0n) is 11.9. The molecule has 0 saturated carbocycles. The second-order valence-corrected chi connectivity index (χ2v) is 5.91. The summed E-state index contributed by atoms with van der Waals surface area (Å²) in [5.74, 6) is 0. The molecule has 116 valence electrons. The molecule has 2 aromatic carbocycles. The number of carbonyl (C=O) groups excluding carboxylic acids is 1. The average Bonchev–Trinajstić information content (AvgIpc) is 2.54. The highest BCUT2D eigenvalue weighted by Crippen LogP contribution is 2.24. The smallest absolute Gasteiger partial charge is 0.433 e. The summed E-state index contributed by atoms with van der Waals surface area (Å²) >= 11 is 0. The van der Waals surface area contributed by atoms with Gasteiger partial charge in [0.05, 0.1) is 17.2 Å². The summed E-state index contributed by atoms with van der Waals surface area (Å²) in [5, 5.41) is 0. The summed E-state index contributed by atoms with van der Waals surface area (Å²) in [7, 11) is -4.06. The van der Waals surface area contributed by atoms with Crippen molar-refractivity contribution in [1.82, 2.24) is 0 Å². The first-order valence-corrected chi connectivity index (χ1v) is 8.00. The molecule has 0 aliphatic rings. The Morgan fingerprint density at radius 2 is 1.55 bits per heavy atom. The van der Waals surface area contributed by atoms with Gasteiger partial charge in [0.2, 0.25) is 0 Å². The highest BCUT2D eigenvalue weighted by molar-refractivity contribution is 7.92. The van der Waals surface area contributed by atoms with Gasteiger partial charge in [-0.3, -0.25) is 4.84 Å². The molecule has 0 fully saturated rings. The van der Waals surface area contributed by atoms with E-state index < -0.39 is 16.2 Å². The number of hydrogen-bond donors (Lipinski definition) is 0. The lowest BCUT2D eigenvalue weighted by atomic mass is 10.3. The third-order valence-electron chi connectivity index (χ3n) is 2.65. The van der Waals surface area contributed by atoms with Crippen LogP contribution in [0.3, 0.4) is 0 Å². The minimum Gasteiger partial charge on any atom is -0.433 e. The van der Waals surface area contributed by atoms with Crippen LogP contribution in [0, 0.1) is 0 Å². The molecule has 0 aliphatic carbocycles. The summed E-state index contributed by atoms with van der Waals surface area (Å²) in [6, 6.07) is 15.7. The molecule has 0 aliphatic heterocycles. The van der Waals surface area contributed by atoms with Crippen LogP contribution in [0.1, 0.15) is 6.92 Å². The van der Waals surface area contributed by atoms with Crippen LogP contribution in [0.25, 0.3) is 0 Å². The SMILES string of the molecule is CCOC(=O)ON(c1ccccc1)S(=O)(=O)c1ccccc1. The van der Waals surface area contributed by atoms with Gasteiger partial charge < -0.3 is 4.74 Å². The molecule has 22 heavy (non-hydrogen) atoms. The Balaban J connectivity index is 2.42. The van der Waals surface area contributed by atoms with Crippen molar-refractivity contribution in [2.45, 2.75) is 11.8 Å². The molecule has 0 saturated heterocycles. The standard InChI is InChI=1S/C15H15NO5S/c1-2-20-15(17)21-16(13-9-5-3-6-10-13)22(18,19)14-11-7-4-8-12-14/h3-12H,2H2,1H3. The predicted molar refractivity (Wildman–Crippen MR) is 80.7 cm³/mol. The summed E-state index contributed by atoms with van der Waals surface area (Å²) in [6.45, 7) is 1.67. The van der Waals surface area contributed by atoms with Crippen molar-refractivity contribution in [3.8, 4) is 0 Å². The number of hydrogen-bond acceptors (Lipinski definition) is 5. The van der Waals surface area contributed by atoms with Gasteiger partial charge >= 0.3 is 6.16 Å². The van der Waals surface area contributed by atoms with Crippen molar-refractivity contribution in [2.24, 2.45) is 0 Å². The van der Waals surface area contributed by atoms with Crippen molar-refractivity contribution >= 4 is 21.9 Å². The van der Waals surface area contributed by atoms with Gasteiger partial charge in [-0.15, -0.1) is 0 Å². The number of anilines is 1. The van der Waals surface area contributed by atoms with Crippen LogP contribution >= 0.6 is 0 Å². The van der Waals surface area contributed by atoms with E-state index in [2.05, 4.69) is 4.74 Å². The van der Waals surface area contributed by atoms with Crippen molar-refractivity contribution in [1.29, 1.82) is 0 Å². The summed E-state index contributed by atoms with van der Waals surface area (Å²) < 4.78 is 30.5. The number of ether oxygens (including phenoxy) is 1. The molecule has 0 unspecified atom stereocenters. The van der Waals surface area contributed by atoms with Crippen LogP contribution in [-0.4, -0.2) is 21.2 Å². The Morgan fingerprint density at radius 3 is 2.09 bits per heavy atom. The topological polar surface area (TPSA) is 72.9 Å². The van der Waals surface area contributed by atoms with E-state index in [0.717, 1.165) is 0 Å². The highest BCUT2D eigenvalue weighted by Gasteiger charge is 2.29. The van der Waals surface area contributed by atoms with Crippen LogP contribution in [0.5, 0.6) is 0 Å². The molecule has 0 N–H and O–H groups in total. The quantitative estimate of drug-likeness (QED) is 0.625. The molecule has 0 aromatic heterocycles. The average molecular weight is 321 g/mol. The predicted octanol–water partition coefficient (Wildman–Crippen LogP) is 2.97. The maximum atomic E-state index is 12.7. The normalized spacial score (nSPS) is 10.8. The van der Waals surface area contributed by atoms with Gasteiger partial charge in [0.25, 0.3) is 10.0 Å². The molecule has 0 spiro atoms. The molecule has 7 heteroatoms. The van der Waals surface area contributed by atoms with Crippen molar-refractivity contribution in [3.63, 3.8) is 0 Å². The highest BCUT2D eigenvalue weighted by atomic mass is 32.2. The van der Waals surface area contributed by atoms with E-state index in [-0.39, 0.29) is 17.2 Å². The van der Waals surface area contributed by atoms with Crippen LogP contribution in [0.2, 0.25) is 0 Å². The molecule has 0 amide bonds. The lowest BCUT2D eigenvalue weighted by molar-refractivity contribution is 0.0634. The molecule has 0 atom stereocenters. The summed E-state index contributed by atoms with van der Waals surface area (Å²) in [5.41, 5.74) is 0.194. The second kappa shape index (κ2) is 6.95. The Kier molecular flexibility index (Phi) is 5.00. The first kappa shape index (κ1) is 15.8. The number of nitrogens with zero attached hydrogens (tertiary/aromatic N) is 1. The second-order valence-electron chi connectivity index (χ2n) is 4.16. The third kappa shape index (κ3) is 3.56. The van der Waals surface area contributed by atoms with Crippen LogP contribution in [0.15, 0.2) is 65.6 Å². The van der Waals surface area contributed by atoms with E-state index in [4.69, 9.17) is 4.84 Å². The minimum absolute atomic E-state index is 0.00292. The van der Waals surface area contributed by atoms with Crippen LogP contribution in [0.4, 0.5) is 10.5 Å². The fraction of sp³-hybridized carbons (Fsp3) is 0.133. The van der Waals surface area contributed by atoms with Gasteiger partial charge in [0.15, 0.2) is 0 Å². The molecular formula is C15H15NO5S. The van der Waals surface area contributed by atoms with Gasteiger partial charge in [0.1, 0.15) is 0 Å². The van der Waals surface area contributed by atoms with E-state index in [9.17, 15) is 13.2 Å². The molecule has 2 aromatic rings. The Hall–Kier alpha value is -2.54. The number of para-hydroxylation sites is 1. The van der Waals surface area contributed by atoms with Crippen LogP contribution < -0.4 is 4.47 Å². The third-order valence-corrected chi connectivity index (χ3v) is 4.24. The molecular weight excluding hydrogens is 306 g/mol.